The molecular weight excluding hydrogens is 375 g/mol. The molecule has 0 radical (unpaired) electrons. The van der Waals surface area contributed by atoms with Crippen LogP contribution in [0.2, 0.25) is 10.0 Å². The highest BCUT2D eigenvalue weighted by molar-refractivity contribution is 6.42. The Morgan fingerprint density at radius 1 is 1.12 bits per heavy atom. The number of anilines is 2. The molecule has 2 amide bonds. The van der Waals surface area contributed by atoms with E-state index in [1.165, 1.54) is 11.8 Å². The van der Waals surface area contributed by atoms with Gasteiger partial charge in [-0.2, -0.15) is 0 Å². The van der Waals surface area contributed by atoms with Crippen LogP contribution in [-0.2, 0) is 9.59 Å². The number of amides is 2. The molecule has 5 nitrogen and oxygen atoms in total. The van der Waals surface area contributed by atoms with Gasteiger partial charge in [0.05, 0.1) is 21.8 Å². The quantitative estimate of drug-likeness (QED) is 0.767. The van der Waals surface area contributed by atoms with Crippen LogP contribution in [0.25, 0.3) is 0 Å². The number of ether oxygens (including phenoxy) is 1. The lowest BCUT2D eigenvalue weighted by atomic mass is 10.2. The monoisotopic (exact) mass is 394 g/mol. The first kappa shape index (κ1) is 20.1. The van der Waals surface area contributed by atoms with E-state index in [2.05, 4.69) is 5.32 Å². The van der Waals surface area contributed by atoms with Crippen molar-refractivity contribution in [2.75, 3.05) is 16.8 Å². The molecule has 0 aliphatic rings. The van der Waals surface area contributed by atoms with Crippen LogP contribution in [0.1, 0.15) is 20.8 Å². The summed E-state index contributed by atoms with van der Waals surface area (Å²) in [6.07, 6.45) is -0.0296. The van der Waals surface area contributed by atoms with E-state index in [-0.39, 0.29) is 24.5 Å². The van der Waals surface area contributed by atoms with Gasteiger partial charge in [0.1, 0.15) is 12.3 Å². The van der Waals surface area contributed by atoms with Crippen molar-refractivity contribution in [3.63, 3.8) is 0 Å². The lowest BCUT2D eigenvalue weighted by Gasteiger charge is -2.22. The van der Waals surface area contributed by atoms with Gasteiger partial charge in [0.15, 0.2) is 0 Å². The van der Waals surface area contributed by atoms with E-state index in [4.69, 9.17) is 27.9 Å². The summed E-state index contributed by atoms with van der Waals surface area (Å²) in [6.45, 7) is 5.02. The first-order valence-electron chi connectivity index (χ1n) is 8.06. The molecule has 0 spiro atoms. The van der Waals surface area contributed by atoms with Crippen LogP contribution in [0.4, 0.5) is 11.4 Å². The second kappa shape index (κ2) is 8.92. The van der Waals surface area contributed by atoms with E-state index in [1.54, 1.807) is 36.4 Å². The van der Waals surface area contributed by atoms with Gasteiger partial charge >= 0.3 is 0 Å². The molecule has 0 fully saturated rings. The third-order valence-corrected chi connectivity index (χ3v) is 4.16. The van der Waals surface area contributed by atoms with Crippen molar-refractivity contribution in [2.24, 2.45) is 0 Å². The molecule has 0 aliphatic heterocycles. The Morgan fingerprint density at radius 2 is 1.81 bits per heavy atom. The van der Waals surface area contributed by atoms with Gasteiger partial charge in [-0.3, -0.25) is 9.59 Å². The second-order valence-corrected chi connectivity index (χ2v) is 6.73. The summed E-state index contributed by atoms with van der Waals surface area (Å²) < 4.78 is 5.68. The molecule has 0 bridgehead atoms. The number of nitrogens with zero attached hydrogens (tertiary/aromatic N) is 1. The second-order valence-electron chi connectivity index (χ2n) is 5.91. The molecule has 7 heteroatoms. The number of para-hydroxylation sites is 2. The first-order chi connectivity index (χ1) is 12.3. The van der Waals surface area contributed by atoms with Crippen molar-refractivity contribution in [3.8, 4) is 5.75 Å². The Balaban J connectivity index is 2.16. The zero-order valence-electron chi connectivity index (χ0n) is 14.8. The summed E-state index contributed by atoms with van der Waals surface area (Å²) in [6, 6.07) is 11.9. The summed E-state index contributed by atoms with van der Waals surface area (Å²) in [7, 11) is 0. The highest BCUT2D eigenvalue weighted by atomic mass is 35.5. The fraction of sp³-hybridized carbons (Fsp3) is 0.263. The molecular formula is C19H20Cl2N2O3. The Morgan fingerprint density at radius 3 is 2.42 bits per heavy atom. The van der Waals surface area contributed by atoms with E-state index in [0.29, 0.717) is 27.2 Å². The molecule has 138 valence electrons. The molecule has 0 saturated carbocycles. The minimum atomic E-state index is -0.355. The van der Waals surface area contributed by atoms with Crippen LogP contribution < -0.4 is 15.0 Å². The van der Waals surface area contributed by atoms with Crippen molar-refractivity contribution < 1.29 is 14.3 Å². The Kier molecular flexibility index (Phi) is 6.89. The number of rotatable bonds is 6. The van der Waals surface area contributed by atoms with Gasteiger partial charge in [0.25, 0.3) is 0 Å². The highest BCUT2D eigenvalue weighted by Gasteiger charge is 2.18. The lowest BCUT2D eigenvalue weighted by molar-refractivity contribution is -0.120. The molecule has 0 heterocycles. The van der Waals surface area contributed by atoms with Gasteiger partial charge in [-0.25, -0.2) is 0 Å². The molecule has 0 aromatic heterocycles. The Labute approximate surface area is 162 Å². The average molecular weight is 395 g/mol. The normalized spacial score (nSPS) is 10.5. The molecule has 0 saturated heterocycles. The number of carbonyl (C=O) groups is 2. The molecule has 2 aromatic carbocycles. The van der Waals surface area contributed by atoms with Gasteiger partial charge in [-0.1, -0.05) is 35.3 Å². The van der Waals surface area contributed by atoms with E-state index in [1.807, 2.05) is 19.9 Å². The van der Waals surface area contributed by atoms with Gasteiger partial charge < -0.3 is 15.0 Å². The van der Waals surface area contributed by atoms with Crippen molar-refractivity contribution in [2.45, 2.75) is 26.9 Å². The molecule has 0 aliphatic carbocycles. The summed E-state index contributed by atoms with van der Waals surface area (Å²) in [4.78, 5) is 25.8. The number of hydrogen-bond donors (Lipinski definition) is 1. The van der Waals surface area contributed by atoms with Crippen LogP contribution in [0, 0.1) is 0 Å². The zero-order chi connectivity index (χ0) is 19.3. The molecule has 2 aromatic rings. The molecule has 2 rings (SSSR count). The maximum Gasteiger partial charge on any atom is 0.244 e. The van der Waals surface area contributed by atoms with Crippen molar-refractivity contribution in [1.29, 1.82) is 0 Å². The number of carbonyl (C=O) groups excluding carboxylic acids is 2. The smallest absolute Gasteiger partial charge is 0.244 e. The van der Waals surface area contributed by atoms with E-state index in [0.717, 1.165) is 0 Å². The SMILES string of the molecule is CC(=O)N(CC(=O)Nc1ccccc1OC(C)C)c1ccc(Cl)c(Cl)c1. The molecule has 0 unspecified atom stereocenters. The van der Waals surface area contributed by atoms with Gasteiger partial charge in [-0.15, -0.1) is 0 Å². The van der Waals surface area contributed by atoms with Crippen LogP contribution >= 0.6 is 23.2 Å². The predicted molar refractivity (Wildman–Crippen MR) is 105 cm³/mol. The number of hydrogen-bond acceptors (Lipinski definition) is 3. The zero-order valence-corrected chi connectivity index (χ0v) is 16.3. The highest BCUT2D eigenvalue weighted by Crippen LogP contribution is 2.28. The van der Waals surface area contributed by atoms with Crippen LogP contribution in [0.3, 0.4) is 0 Å². The Bertz CT molecular complexity index is 809. The fourth-order valence-electron chi connectivity index (χ4n) is 2.30. The van der Waals surface area contributed by atoms with Crippen molar-refractivity contribution in [1.82, 2.24) is 0 Å². The van der Waals surface area contributed by atoms with Gasteiger partial charge in [-0.05, 0) is 44.2 Å². The maximum atomic E-state index is 12.5. The lowest BCUT2D eigenvalue weighted by Crippen LogP contribution is -2.36. The number of halogens is 2. The summed E-state index contributed by atoms with van der Waals surface area (Å²) >= 11 is 11.9. The standard InChI is InChI=1S/C19H20Cl2N2O3/c1-12(2)26-18-7-5-4-6-17(18)22-19(25)11-23(13(3)24)14-8-9-15(20)16(21)10-14/h4-10,12H,11H2,1-3H3,(H,22,25). The molecule has 26 heavy (non-hydrogen) atoms. The molecule has 0 atom stereocenters. The van der Waals surface area contributed by atoms with E-state index in [9.17, 15) is 9.59 Å². The number of nitrogens with one attached hydrogen (secondary N) is 1. The van der Waals surface area contributed by atoms with Crippen molar-refractivity contribution in [3.05, 3.63) is 52.5 Å². The minimum Gasteiger partial charge on any atom is -0.489 e. The van der Waals surface area contributed by atoms with E-state index >= 15 is 0 Å². The van der Waals surface area contributed by atoms with Crippen LogP contribution in [0.15, 0.2) is 42.5 Å². The number of benzene rings is 2. The summed E-state index contributed by atoms with van der Waals surface area (Å²) in [5.41, 5.74) is 1.04. The summed E-state index contributed by atoms with van der Waals surface area (Å²) in [5.74, 6) is -0.0731. The summed E-state index contributed by atoms with van der Waals surface area (Å²) in [5, 5.41) is 3.47. The van der Waals surface area contributed by atoms with Gasteiger partial charge in [0, 0.05) is 12.6 Å². The first-order valence-corrected chi connectivity index (χ1v) is 8.82. The van der Waals surface area contributed by atoms with Crippen LogP contribution in [-0.4, -0.2) is 24.5 Å². The Hall–Kier alpha value is -2.24. The third kappa shape index (κ3) is 5.38. The van der Waals surface area contributed by atoms with Gasteiger partial charge in [0.2, 0.25) is 11.8 Å². The largest absolute Gasteiger partial charge is 0.489 e. The van der Waals surface area contributed by atoms with E-state index < -0.39 is 0 Å². The van der Waals surface area contributed by atoms with Crippen LogP contribution in [0.5, 0.6) is 5.75 Å². The maximum absolute atomic E-state index is 12.5. The third-order valence-electron chi connectivity index (χ3n) is 3.42. The topological polar surface area (TPSA) is 58.6 Å². The molecule has 1 N–H and O–H groups in total. The predicted octanol–water partition coefficient (Wildman–Crippen LogP) is 4.77. The average Bonchev–Trinajstić information content (AvgIpc) is 2.56. The minimum absolute atomic E-state index is 0.0296. The van der Waals surface area contributed by atoms with Crippen molar-refractivity contribution >= 4 is 46.4 Å². The fourth-order valence-corrected chi connectivity index (χ4v) is 2.59.